The van der Waals surface area contributed by atoms with Gasteiger partial charge in [0.25, 0.3) is 5.91 Å². The van der Waals surface area contributed by atoms with E-state index in [0.717, 1.165) is 56.0 Å². The van der Waals surface area contributed by atoms with Crippen molar-refractivity contribution in [2.45, 2.75) is 31.3 Å². The van der Waals surface area contributed by atoms with Crippen molar-refractivity contribution in [2.24, 2.45) is 0 Å². The lowest BCUT2D eigenvalue weighted by Crippen LogP contribution is -2.56. The van der Waals surface area contributed by atoms with Crippen LogP contribution in [-0.2, 0) is 23.3 Å². The first kappa shape index (κ1) is 17.3. The molecule has 5 rings (SSSR count). The molecule has 0 radical (unpaired) electrons. The second-order valence-corrected chi connectivity index (χ2v) is 7.63. The number of furan rings is 1. The largest absolute Gasteiger partial charge is 0.459 e. The van der Waals surface area contributed by atoms with E-state index in [1.54, 1.807) is 6.20 Å². The minimum Gasteiger partial charge on any atom is -0.459 e. The molecule has 1 saturated heterocycles. The van der Waals surface area contributed by atoms with E-state index in [0.29, 0.717) is 6.54 Å². The number of rotatable bonds is 3. The van der Waals surface area contributed by atoms with Gasteiger partial charge in [0.15, 0.2) is 0 Å². The molecule has 144 valence electrons. The van der Waals surface area contributed by atoms with E-state index in [4.69, 9.17) is 4.42 Å². The molecule has 2 aliphatic rings. The maximum absolute atomic E-state index is 13.7. The molecule has 1 fully saturated rings. The van der Waals surface area contributed by atoms with Gasteiger partial charge in [-0.2, -0.15) is 5.10 Å². The van der Waals surface area contributed by atoms with Gasteiger partial charge in [0, 0.05) is 24.5 Å². The van der Waals surface area contributed by atoms with Crippen LogP contribution in [0.25, 0.3) is 11.3 Å². The minimum atomic E-state index is -0.596. The second-order valence-electron chi connectivity index (χ2n) is 7.63. The predicted molar refractivity (Wildman–Crippen MR) is 106 cm³/mol. The molecule has 2 aliphatic heterocycles. The van der Waals surface area contributed by atoms with Gasteiger partial charge in [0.05, 0.1) is 6.54 Å². The molecule has 0 spiro atoms. The standard InChI is InChI=1S/C22H24N4O2/c27-21(22(8-11-23-12-9-22)26-13-4-10-24-26)25-14-7-18-15-19(28-20(18)16-25)17-5-2-1-3-6-17/h1-6,10,13,15,23H,7-9,11-12,14,16H2. The third kappa shape index (κ3) is 2.85. The van der Waals surface area contributed by atoms with Gasteiger partial charge in [-0.1, -0.05) is 30.3 Å². The number of amides is 1. The Hall–Kier alpha value is -2.86. The highest BCUT2D eigenvalue weighted by molar-refractivity contribution is 5.85. The molecular formula is C22H24N4O2. The lowest BCUT2D eigenvalue weighted by Gasteiger charge is -2.41. The number of aromatic nitrogens is 2. The topological polar surface area (TPSA) is 63.3 Å². The lowest BCUT2D eigenvalue weighted by atomic mass is 9.86. The Balaban J connectivity index is 1.42. The second kappa shape index (κ2) is 6.95. The van der Waals surface area contributed by atoms with Crippen molar-refractivity contribution in [2.75, 3.05) is 19.6 Å². The summed E-state index contributed by atoms with van der Waals surface area (Å²) in [6.45, 7) is 2.89. The van der Waals surface area contributed by atoms with Crippen molar-refractivity contribution >= 4 is 5.91 Å². The van der Waals surface area contributed by atoms with E-state index in [2.05, 4.69) is 28.6 Å². The van der Waals surface area contributed by atoms with Gasteiger partial charge >= 0.3 is 0 Å². The molecule has 4 heterocycles. The summed E-state index contributed by atoms with van der Waals surface area (Å²) < 4.78 is 8.02. The highest BCUT2D eigenvalue weighted by atomic mass is 16.3. The Morgan fingerprint density at radius 1 is 1.14 bits per heavy atom. The fraction of sp³-hybridized carbons (Fsp3) is 0.364. The van der Waals surface area contributed by atoms with E-state index in [1.807, 2.05) is 40.0 Å². The molecule has 1 aromatic carbocycles. The van der Waals surface area contributed by atoms with Gasteiger partial charge in [-0.3, -0.25) is 9.48 Å². The van der Waals surface area contributed by atoms with Crippen LogP contribution < -0.4 is 5.32 Å². The van der Waals surface area contributed by atoms with Gasteiger partial charge in [0.1, 0.15) is 17.1 Å². The zero-order chi connectivity index (χ0) is 19.0. The maximum atomic E-state index is 13.7. The van der Waals surface area contributed by atoms with Crippen LogP contribution in [0.5, 0.6) is 0 Å². The normalized spacial score (nSPS) is 18.6. The van der Waals surface area contributed by atoms with Crippen molar-refractivity contribution in [3.05, 3.63) is 66.2 Å². The van der Waals surface area contributed by atoms with Crippen molar-refractivity contribution in [3.8, 4) is 11.3 Å². The van der Waals surface area contributed by atoms with Crippen LogP contribution in [0.4, 0.5) is 0 Å². The fourth-order valence-electron chi connectivity index (χ4n) is 4.44. The molecule has 28 heavy (non-hydrogen) atoms. The van der Waals surface area contributed by atoms with Gasteiger partial charge in [-0.15, -0.1) is 0 Å². The Morgan fingerprint density at radius 2 is 1.96 bits per heavy atom. The summed E-state index contributed by atoms with van der Waals surface area (Å²) in [5, 5.41) is 7.80. The number of hydrogen-bond donors (Lipinski definition) is 1. The molecule has 3 aromatic rings. The monoisotopic (exact) mass is 376 g/mol. The molecule has 0 aliphatic carbocycles. The van der Waals surface area contributed by atoms with E-state index in [1.165, 1.54) is 5.56 Å². The molecule has 6 heteroatoms. The van der Waals surface area contributed by atoms with Crippen LogP contribution >= 0.6 is 0 Å². The fourth-order valence-corrected chi connectivity index (χ4v) is 4.44. The average Bonchev–Trinajstić information content (AvgIpc) is 3.44. The highest BCUT2D eigenvalue weighted by Crippen LogP contribution is 2.34. The van der Waals surface area contributed by atoms with E-state index >= 15 is 0 Å². The first-order valence-electron chi connectivity index (χ1n) is 9.93. The van der Waals surface area contributed by atoms with E-state index in [9.17, 15) is 4.79 Å². The molecule has 0 unspecified atom stereocenters. The van der Waals surface area contributed by atoms with Crippen LogP contribution in [0.2, 0.25) is 0 Å². The highest BCUT2D eigenvalue weighted by Gasteiger charge is 2.45. The number of hydrogen-bond acceptors (Lipinski definition) is 4. The third-order valence-corrected chi connectivity index (χ3v) is 6.00. The predicted octanol–water partition coefficient (Wildman–Crippen LogP) is 2.81. The van der Waals surface area contributed by atoms with Crippen LogP contribution in [0.1, 0.15) is 24.2 Å². The summed E-state index contributed by atoms with van der Waals surface area (Å²) in [5.74, 6) is 1.94. The summed E-state index contributed by atoms with van der Waals surface area (Å²) in [5.41, 5.74) is 1.68. The van der Waals surface area contributed by atoms with Crippen molar-refractivity contribution in [3.63, 3.8) is 0 Å². The molecule has 0 bridgehead atoms. The van der Waals surface area contributed by atoms with Gasteiger partial charge in [-0.25, -0.2) is 0 Å². The SMILES string of the molecule is O=C(N1CCc2cc(-c3ccccc3)oc2C1)C1(n2cccn2)CCNCC1. The Bertz CT molecular complexity index is 956. The van der Waals surface area contributed by atoms with Crippen LogP contribution in [0.15, 0.2) is 59.3 Å². The first-order valence-corrected chi connectivity index (χ1v) is 9.93. The Kier molecular flexibility index (Phi) is 4.28. The number of nitrogens with one attached hydrogen (secondary N) is 1. The van der Waals surface area contributed by atoms with Crippen molar-refractivity contribution < 1.29 is 9.21 Å². The van der Waals surface area contributed by atoms with Gasteiger partial charge in [-0.05, 0) is 50.0 Å². The Morgan fingerprint density at radius 3 is 2.71 bits per heavy atom. The van der Waals surface area contributed by atoms with Gasteiger partial charge in [0.2, 0.25) is 0 Å². The zero-order valence-corrected chi connectivity index (χ0v) is 15.8. The molecular weight excluding hydrogens is 352 g/mol. The number of piperidine rings is 1. The average molecular weight is 376 g/mol. The number of carbonyl (C=O) groups is 1. The molecule has 0 atom stereocenters. The first-order chi connectivity index (χ1) is 13.8. The zero-order valence-electron chi connectivity index (χ0n) is 15.8. The van der Waals surface area contributed by atoms with Crippen LogP contribution in [0.3, 0.4) is 0 Å². The third-order valence-electron chi connectivity index (χ3n) is 6.00. The summed E-state index contributed by atoms with van der Waals surface area (Å²) in [4.78, 5) is 15.6. The smallest absolute Gasteiger partial charge is 0.251 e. The summed E-state index contributed by atoms with van der Waals surface area (Å²) >= 11 is 0. The quantitative estimate of drug-likeness (QED) is 0.764. The molecule has 1 N–H and O–H groups in total. The maximum Gasteiger partial charge on any atom is 0.251 e. The van der Waals surface area contributed by atoms with Gasteiger partial charge < -0.3 is 14.6 Å². The molecule has 0 saturated carbocycles. The van der Waals surface area contributed by atoms with Crippen molar-refractivity contribution in [1.29, 1.82) is 0 Å². The Labute approximate surface area is 164 Å². The minimum absolute atomic E-state index is 0.154. The van der Waals surface area contributed by atoms with Crippen LogP contribution in [-0.4, -0.2) is 40.2 Å². The lowest BCUT2D eigenvalue weighted by molar-refractivity contribution is -0.144. The number of carbonyl (C=O) groups excluding carboxylic acids is 1. The van der Waals surface area contributed by atoms with E-state index < -0.39 is 5.54 Å². The summed E-state index contributed by atoms with van der Waals surface area (Å²) in [6, 6.07) is 14.1. The summed E-state index contributed by atoms with van der Waals surface area (Å²) in [6.07, 6.45) is 6.00. The number of nitrogens with zero attached hydrogens (tertiary/aromatic N) is 3. The molecule has 2 aromatic heterocycles. The van der Waals surface area contributed by atoms with Crippen LogP contribution in [0, 0.1) is 0 Å². The number of fused-ring (bicyclic) bond motifs is 1. The molecule has 1 amide bonds. The van der Waals surface area contributed by atoms with E-state index in [-0.39, 0.29) is 5.91 Å². The van der Waals surface area contributed by atoms with Crippen molar-refractivity contribution in [1.82, 2.24) is 20.0 Å². The number of benzene rings is 1. The molecule has 6 nitrogen and oxygen atoms in total. The summed E-state index contributed by atoms with van der Waals surface area (Å²) in [7, 11) is 0.